The second-order valence-corrected chi connectivity index (χ2v) is 9.98. The highest BCUT2D eigenvalue weighted by molar-refractivity contribution is 6.02. The number of carbonyl (C=O) groups excluding carboxylic acids is 1. The summed E-state index contributed by atoms with van der Waals surface area (Å²) in [5, 5.41) is 26.8. The maximum atomic E-state index is 12.9. The molecule has 6 rings (SSSR count). The molecule has 0 saturated carbocycles. The van der Waals surface area contributed by atoms with Gasteiger partial charge in [-0.05, 0) is 48.7 Å². The van der Waals surface area contributed by atoms with Gasteiger partial charge in [0.2, 0.25) is 0 Å². The summed E-state index contributed by atoms with van der Waals surface area (Å²) in [4.78, 5) is 29.2. The van der Waals surface area contributed by atoms with Gasteiger partial charge in [0.05, 0.1) is 29.0 Å². The first-order valence-electron chi connectivity index (χ1n) is 13.0. The molecule has 0 bridgehead atoms. The molecule has 2 aliphatic rings. The number of benzene rings is 2. The van der Waals surface area contributed by atoms with E-state index in [1.54, 1.807) is 6.33 Å². The van der Waals surface area contributed by atoms with E-state index in [1.807, 2.05) is 59.6 Å². The van der Waals surface area contributed by atoms with E-state index in [-0.39, 0.29) is 6.03 Å². The van der Waals surface area contributed by atoms with Crippen LogP contribution in [0, 0.1) is 0 Å². The molecule has 1 unspecified atom stereocenters. The number of piperidine rings is 1. The van der Waals surface area contributed by atoms with Gasteiger partial charge in [0, 0.05) is 44.0 Å². The summed E-state index contributed by atoms with van der Waals surface area (Å²) >= 11 is 0. The number of aliphatic hydroxyl groups excluding tert-OH is 2. The molecule has 0 aliphatic carbocycles. The van der Waals surface area contributed by atoms with E-state index in [1.165, 1.54) is 5.56 Å². The van der Waals surface area contributed by atoms with Crippen LogP contribution < -0.4 is 20.4 Å². The molecular weight excluding hydrogens is 482 g/mol. The van der Waals surface area contributed by atoms with Crippen molar-refractivity contribution in [3.63, 3.8) is 0 Å². The minimum absolute atomic E-state index is 0.311. The van der Waals surface area contributed by atoms with Crippen LogP contribution in [0.4, 0.5) is 27.7 Å². The molecule has 10 heteroatoms. The molecule has 4 heterocycles. The van der Waals surface area contributed by atoms with Crippen LogP contribution >= 0.6 is 0 Å². The lowest BCUT2D eigenvalue weighted by atomic mass is 9.90. The fourth-order valence-corrected chi connectivity index (χ4v) is 5.53. The Morgan fingerprint density at radius 3 is 2.66 bits per heavy atom. The van der Waals surface area contributed by atoms with Gasteiger partial charge in [-0.25, -0.2) is 14.8 Å². The first-order valence-corrected chi connectivity index (χ1v) is 13.0. The Balaban J connectivity index is 1.14. The molecule has 0 radical (unpaired) electrons. The summed E-state index contributed by atoms with van der Waals surface area (Å²) in [6.07, 6.45) is 4.00. The first kappa shape index (κ1) is 24.2. The van der Waals surface area contributed by atoms with E-state index in [0.717, 1.165) is 54.2 Å². The van der Waals surface area contributed by atoms with Gasteiger partial charge in [0.25, 0.3) is 0 Å². The highest BCUT2D eigenvalue weighted by atomic mass is 16.3. The largest absolute Gasteiger partial charge is 0.389 e. The van der Waals surface area contributed by atoms with Crippen LogP contribution in [0.1, 0.15) is 24.3 Å². The van der Waals surface area contributed by atoms with Gasteiger partial charge >= 0.3 is 6.03 Å². The van der Waals surface area contributed by atoms with Gasteiger partial charge < -0.3 is 35.6 Å². The van der Waals surface area contributed by atoms with Crippen molar-refractivity contribution in [3.8, 4) is 0 Å². The van der Waals surface area contributed by atoms with Crippen LogP contribution in [0.5, 0.6) is 0 Å². The Kier molecular flexibility index (Phi) is 6.57. The molecule has 2 aromatic carbocycles. The SMILES string of the molecule is O=C(Nc1cccc(C2CCCN(c3ncnc4[nH]ccc34)C2)c1)Nc1ccccc1N1C[C@@H](O)[C@H](O)C1. The maximum Gasteiger partial charge on any atom is 0.323 e. The van der Waals surface area contributed by atoms with Crippen LogP contribution in [-0.2, 0) is 0 Å². The lowest BCUT2D eigenvalue weighted by Gasteiger charge is -2.34. The number of anilines is 4. The lowest BCUT2D eigenvalue weighted by molar-refractivity contribution is 0.0572. The zero-order valence-electron chi connectivity index (χ0n) is 20.9. The third-order valence-corrected chi connectivity index (χ3v) is 7.42. The van der Waals surface area contributed by atoms with E-state index in [2.05, 4.69) is 36.6 Å². The van der Waals surface area contributed by atoms with Crippen molar-refractivity contribution in [2.24, 2.45) is 0 Å². The van der Waals surface area contributed by atoms with Gasteiger partial charge in [0.1, 0.15) is 17.8 Å². The van der Waals surface area contributed by atoms with E-state index in [0.29, 0.717) is 24.7 Å². The normalized spacial score (nSPS) is 21.6. The molecule has 38 heavy (non-hydrogen) atoms. The average molecular weight is 514 g/mol. The van der Waals surface area contributed by atoms with Crippen molar-refractivity contribution in [2.75, 3.05) is 46.6 Å². The van der Waals surface area contributed by atoms with Crippen LogP contribution in [0.25, 0.3) is 11.0 Å². The topological polar surface area (TPSA) is 130 Å². The standard InChI is InChI=1S/C28H31N7O3/c36-24-15-35(16-25(24)37)23-9-2-1-8-22(23)33-28(38)32-20-7-3-5-18(13-20)19-6-4-12-34(14-19)27-21-10-11-29-26(21)30-17-31-27/h1-3,5,7-11,13,17,19,24-25,36-37H,4,6,12,14-16H2,(H,29,30,31)(H2,32,33,38)/t19?,24-,25-/m1/s1. The van der Waals surface area contributed by atoms with Gasteiger partial charge in [-0.2, -0.15) is 0 Å². The molecule has 0 spiro atoms. The van der Waals surface area contributed by atoms with Crippen LogP contribution in [0.15, 0.2) is 67.1 Å². The minimum Gasteiger partial charge on any atom is -0.389 e. The van der Waals surface area contributed by atoms with E-state index >= 15 is 0 Å². The van der Waals surface area contributed by atoms with Gasteiger partial charge in [-0.3, -0.25) is 0 Å². The van der Waals surface area contributed by atoms with Crippen molar-refractivity contribution < 1.29 is 15.0 Å². The van der Waals surface area contributed by atoms with Crippen LogP contribution in [0.2, 0.25) is 0 Å². The zero-order valence-corrected chi connectivity index (χ0v) is 20.9. The van der Waals surface area contributed by atoms with Gasteiger partial charge in [-0.1, -0.05) is 24.3 Å². The number of amides is 2. The number of para-hydroxylation sites is 2. The number of H-pyrrole nitrogens is 1. The molecule has 10 nitrogen and oxygen atoms in total. The Labute approximate surface area is 220 Å². The number of hydrogen-bond donors (Lipinski definition) is 5. The van der Waals surface area contributed by atoms with Crippen LogP contribution in [-0.4, -0.2) is 69.6 Å². The fourth-order valence-electron chi connectivity index (χ4n) is 5.53. The number of aliphatic hydroxyl groups is 2. The number of aromatic nitrogens is 3. The third kappa shape index (κ3) is 4.88. The number of aromatic amines is 1. The molecule has 2 aromatic heterocycles. The van der Waals surface area contributed by atoms with E-state index < -0.39 is 12.2 Å². The highest BCUT2D eigenvalue weighted by Crippen LogP contribution is 2.33. The van der Waals surface area contributed by atoms with Crippen molar-refractivity contribution in [1.29, 1.82) is 0 Å². The predicted molar refractivity (Wildman–Crippen MR) is 148 cm³/mol. The summed E-state index contributed by atoms with van der Waals surface area (Å²) in [6.45, 7) is 2.41. The van der Waals surface area contributed by atoms with Gasteiger partial charge in [-0.15, -0.1) is 0 Å². The summed E-state index contributed by atoms with van der Waals surface area (Å²) in [5.74, 6) is 1.26. The first-order chi connectivity index (χ1) is 18.5. The zero-order chi connectivity index (χ0) is 26.1. The Morgan fingerprint density at radius 2 is 1.79 bits per heavy atom. The van der Waals surface area contributed by atoms with Crippen molar-refractivity contribution in [1.82, 2.24) is 15.0 Å². The van der Waals surface area contributed by atoms with E-state index in [4.69, 9.17) is 0 Å². The number of hydrogen-bond acceptors (Lipinski definition) is 7. The summed E-state index contributed by atoms with van der Waals surface area (Å²) in [5.41, 5.74) is 4.11. The van der Waals surface area contributed by atoms with E-state index in [9.17, 15) is 15.0 Å². The average Bonchev–Trinajstić information content (AvgIpc) is 3.55. The molecule has 2 fully saturated rings. The van der Waals surface area contributed by atoms with Crippen molar-refractivity contribution >= 4 is 39.9 Å². The quantitative estimate of drug-likeness (QED) is 0.276. The molecule has 2 saturated heterocycles. The summed E-state index contributed by atoms with van der Waals surface area (Å²) < 4.78 is 0. The molecule has 2 amide bonds. The molecule has 196 valence electrons. The second-order valence-electron chi connectivity index (χ2n) is 9.98. The van der Waals surface area contributed by atoms with Crippen molar-refractivity contribution in [2.45, 2.75) is 31.0 Å². The number of carbonyl (C=O) groups is 1. The summed E-state index contributed by atoms with van der Waals surface area (Å²) in [6, 6.07) is 17.1. The molecule has 4 aromatic rings. The van der Waals surface area contributed by atoms with Crippen molar-refractivity contribution in [3.05, 3.63) is 72.7 Å². The third-order valence-electron chi connectivity index (χ3n) is 7.42. The second kappa shape index (κ2) is 10.3. The lowest BCUT2D eigenvalue weighted by Crippen LogP contribution is -2.35. The van der Waals surface area contributed by atoms with Gasteiger partial charge in [0.15, 0.2) is 0 Å². The summed E-state index contributed by atoms with van der Waals surface area (Å²) in [7, 11) is 0. The fraction of sp³-hybridized carbons (Fsp3) is 0.321. The molecule has 3 atom stereocenters. The predicted octanol–water partition coefficient (Wildman–Crippen LogP) is 3.53. The number of urea groups is 1. The Hall–Kier alpha value is -4.15. The monoisotopic (exact) mass is 513 g/mol. The number of fused-ring (bicyclic) bond motifs is 1. The molecule has 5 N–H and O–H groups in total. The minimum atomic E-state index is -0.807. The number of β-amino-alcohol motifs (C(OH)–C–C–N with tert-alkyl or cyclic N) is 2. The number of nitrogens with one attached hydrogen (secondary N) is 3. The Morgan fingerprint density at radius 1 is 0.947 bits per heavy atom. The highest BCUT2D eigenvalue weighted by Gasteiger charge is 2.31. The van der Waals surface area contributed by atoms with Crippen LogP contribution in [0.3, 0.4) is 0 Å². The maximum absolute atomic E-state index is 12.9. The smallest absolute Gasteiger partial charge is 0.323 e. The molecular formula is C28H31N7O3. The Bertz CT molecular complexity index is 1430. The number of nitrogens with zero attached hydrogens (tertiary/aromatic N) is 4. The molecule has 2 aliphatic heterocycles. The number of rotatable bonds is 5.